The van der Waals surface area contributed by atoms with Crippen molar-refractivity contribution in [2.24, 2.45) is 0 Å². The van der Waals surface area contributed by atoms with E-state index in [0.717, 1.165) is 54.5 Å². The molecule has 0 spiro atoms. The molecule has 0 aliphatic carbocycles. The molecule has 4 aromatic rings. The second-order valence-electron chi connectivity index (χ2n) is 7.71. The SMILES string of the molecule is CCCCc1ccc2c(F)c(-c3cc(F)c(-c4ccc(C#N)c(F)c4)c(F)c3)ccc2c1. The third-order valence-electron chi connectivity index (χ3n) is 5.57. The zero-order chi connectivity index (χ0) is 22.8. The standard InChI is InChI=1S/C27H19F4N/c1-2-3-4-16-5-9-21-17(11-16)8-10-22(27(21)31)20-13-24(29)26(25(30)14-20)18-6-7-19(15-32)23(28)12-18/h5-14H,2-4H2,1H3. The normalized spacial score (nSPS) is 11.0. The highest BCUT2D eigenvalue weighted by Gasteiger charge is 2.18. The van der Waals surface area contributed by atoms with E-state index >= 15 is 4.39 Å². The lowest BCUT2D eigenvalue weighted by molar-refractivity contribution is 0.588. The number of halogens is 4. The van der Waals surface area contributed by atoms with Crippen LogP contribution in [0, 0.1) is 34.6 Å². The van der Waals surface area contributed by atoms with Crippen molar-refractivity contribution in [3.05, 3.63) is 95.1 Å². The number of aryl methyl sites for hydroxylation is 1. The van der Waals surface area contributed by atoms with Crippen LogP contribution in [0.5, 0.6) is 0 Å². The molecule has 0 aliphatic heterocycles. The summed E-state index contributed by atoms with van der Waals surface area (Å²) in [5.74, 6) is -3.32. The molecule has 0 atom stereocenters. The largest absolute Gasteiger partial charge is 0.206 e. The summed E-state index contributed by atoms with van der Waals surface area (Å²) in [6, 6.07) is 15.8. The number of fused-ring (bicyclic) bond motifs is 1. The third-order valence-corrected chi connectivity index (χ3v) is 5.57. The Labute approximate surface area is 183 Å². The van der Waals surface area contributed by atoms with Crippen LogP contribution < -0.4 is 0 Å². The van der Waals surface area contributed by atoms with E-state index in [9.17, 15) is 13.2 Å². The molecule has 0 unspecified atom stereocenters. The van der Waals surface area contributed by atoms with Crippen molar-refractivity contribution in [3.8, 4) is 28.3 Å². The molecule has 0 heterocycles. The molecule has 0 amide bonds. The molecule has 4 rings (SSSR count). The van der Waals surface area contributed by atoms with Gasteiger partial charge in [-0.15, -0.1) is 0 Å². The zero-order valence-electron chi connectivity index (χ0n) is 17.4. The maximum absolute atomic E-state index is 15.2. The molecule has 0 bridgehead atoms. The Kier molecular flexibility index (Phi) is 5.96. The highest BCUT2D eigenvalue weighted by atomic mass is 19.1. The second-order valence-corrected chi connectivity index (χ2v) is 7.71. The lowest BCUT2D eigenvalue weighted by Crippen LogP contribution is -1.96. The van der Waals surface area contributed by atoms with Gasteiger partial charge in [0.25, 0.3) is 0 Å². The van der Waals surface area contributed by atoms with Gasteiger partial charge >= 0.3 is 0 Å². The first-order chi connectivity index (χ1) is 15.4. The summed E-state index contributed by atoms with van der Waals surface area (Å²) in [6.45, 7) is 2.11. The number of hydrogen-bond donors (Lipinski definition) is 0. The minimum atomic E-state index is -0.946. The van der Waals surface area contributed by atoms with Crippen molar-refractivity contribution < 1.29 is 17.6 Å². The van der Waals surface area contributed by atoms with Gasteiger partial charge in [0.2, 0.25) is 0 Å². The molecular weight excluding hydrogens is 414 g/mol. The molecule has 0 aliphatic rings. The topological polar surface area (TPSA) is 23.8 Å². The van der Waals surface area contributed by atoms with Gasteiger partial charge in [-0.2, -0.15) is 5.26 Å². The molecule has 0 fully saturated rings. The van der Waals surface area contributed by atoms with Crippen molar-refractivity contribution >= 4 is 10.8 Å². The average molecular weight is 433 g/mol. The van der Waals surface area contributed by atoms with E-state index in [2.05, 4.69) is 6.92 Å². The Balaban J connectivity index is 1.76. The predicted molar refractivity (Wildman–Crippen MR) is 118 cm³/mol. The summed E-state index contributed by atoms with van der Waals surface area (Å²) in [5.41, 5.74) is 0.548. The fourth-order valence-electron chi connectivity index (χ4n) is 3.87. The molecule has 32 heavy (non-hydrogen) atoms. The van der Waals surface area contributed by atoms with Crippen LogP contribution in [-0.2, 0) is 6.42 Å². The Morgan fingerprint density at radius 3 is 2.16 bits per heavy atom. The molecule has 0 radical (unpaired) electrons. The highest BCUT2D eigenvalue weighted by Crippen LogP contribution is 2.35. The number of unbranched alkanes of at least 4 members (excludes halogenated alkanes) is 1. The van der Waals surface area contributed by atoms with Gasteiger partial charge in [-0.1, -0.05) is 49.7 Å². The van der Waals surface area contributed by atoms with Crippen LogP contribution in [-0.4, -0.2) is 0 Å². The molecule has 4 aromatic carbocycles. The van der Waals surface area contributed by atoms with Gasteiger partial charge in [-0.3, -0.25) is 0 Å². The van der Waals surface area contributed by atoms with Crippen LogP contribution in [0.2, 0.25) is 0 Å². The third kappa shape index (κ3) is 3.97. The van der Waals surface area contributed by atoms with Crippen LogP contribution in [0.1, 0.15) is 30.9 Å². The van der Waals surface area contributed by atoms with Gasteiger partial charge in [0.1, 0.15) is 29.3 Å². The van der Waals surface area contributed by atoms with E-state index in [1.807, 2.05) is 12.1 Å². The van der Waals surface area contributed by atoms with Gasteiger partial charge in [-0.25, -0.2) is 17.6 Å². The minimum absolute atomic E-state index is 0.0401. The Morgan fingerprint density at radius 2 is 1.50 bits per heavy atom. The number of rotatable bonds is 5. The summed E-state index contributed by atoms with van der Waals surface area (Å²) in [7, 11) is 0. The molecule has 0 saturated heterocycles. The van der Waals surface area contributed by atoms with E-state index in [1.165, 1.54) is 12.1 Å². The summed E-state index contributed by atoms with van der Waals surface area (Å²) in [4.78, 5) is 0. The van der Waals surface area contributed by atoms with Gasteiger partial charge in [0.05, 0.1) is 11.1 Å². The van der Waals surface area contributed by atoms with Crippen LogP contribution in [0.4, 0.5) is 17.6 Å². The molecule has 1 nitrogen and oxygen atoms in total. The van der Waals surface area contributed by atoms with Gasteiger partial charge < -0.3 is 0 Å². The Hall–Kier alpha value is -3.65. The molecule has 0 N–H and O–H groups in total. The first-order valence-corrected chi connectivity index (χ1v) is 10.3. The summed E-state index contributed by atoms with van der Waals surface area (Å²) < 4.78 is 58.9. The fraction of sp³-hybridized carbons (Fsp3) is 0.148. The van der Waals surface area contributed by atoms with Crippen LogP contribution in [0.3, 0.4) is 0 Å². The quantitative estimate of drug-likeness (QED) is 0.293. The lowest BCUT2D eigenvalue weighted by Gasteiger charge is -2.12. The number of hydrogen-bond acceptors (Lipinski definition) is 1. The summed E-state index contributed by atoms with van der Waals surface area (Å²) in [5, 5.41) is 9.94. The van der Waals surface area contributed by atoms with Crippen LogP contribution in [0.25, 0.3) is 33.0 Å². The predicted octanol–water partition coefficient (Wildman–Crippen LogP) is 7.94. The van der Waals surface area contributed by atoms with Crippen molar-refractivity contribution in [1.29, 1.82) is 5.26 Å². The lowest BCUT2D eigenvalue weighted by atomic mass is 9.95. The molecule has 0 aromatic heterocycles. The van der Waals surface area contributed by atoms with Crippen LogP contribution >= 0.6 is 0 Å². The van der Waals surface area contributed by atoms with Gasteiger partial charge in [0, 0.05) is 10.9 Å². The van der Waals surface area contributed by atoms with E-state index < -0.39 is 28.8 Å². The maximum Gasteiger partial charge on any atom is 0.141 e. The molecule has 5 heteroatoms. The summed E-state index contributed by atoms with van der Waals surface area (Å²) >= 11 is 0. The molecule has 160 valence electrons. The highest BCUT2D eigenvalue weighted by molar-refractivity contribution is 5.89. The second kappa shape index (κ2) is 8.84. The number of nitriles is 1. The maximum atomic E-state index is 15.2. The zero-order valence-corrected chi connectivity index (χ0v) is 17.4. The van der Waals surface area contributed by atoms with Crippen molar-refractivity contribution in [3.63, 3.8) is 0 Å². The van der Waals surface area contributed by atoms with E-state index in [0.29, 0.717) is 5.39 Å². The number of benzene rings is 4. The number of nitrogens with zero attached hydrogens (tertiary/aromatic N) is 1. The first-order valence-electron chi connectivity index (χ1n) is 10.3. The van der Waals surface area contributed by atoms with E-state index in [4.69, 9.17) is 5.26 Å². The van der Waals surface area contributed by atoms with Gasteiger partial charge in [0.15, 0.2) is 0 Å². The minimum Gasteiger partial charge on any atom is -0.206 e. The van der Waals surface area contributed by atoms with E-state index in [-0.39, 0.29) is 22.3 Å². The molecular formula is C27H19F4N. The van der Waals surface area contributed by atoms with Crippen molar-refractivity contribution in [1.82, 2.24) is 0 Å². The summed E-state index contributed by atoms with van der Waals surface area (Å²) in [6.07, 6.45) is 3.01. The Morgan fingerprint density at radius 1 is 0.781 bits per heavy atom. The van der Waals surface area contributed by atoms with Crippen molar-refractivity contribution in [2.75, 3.05) is 0 Å². The fourth-order valence-corrected chi connectivity index (χ4v) is 3.87. The van der Waals surface area contributed by atoms with Gasteiger partial charge in [-0.05, 0) is 59.2 Å². The van der Waals surface area contributed by atoms with Crippen molar-refractivity contribution in [2.45, 2.75) is 26.2 Å². The smallest absolute Gasteiger partial charge is 0.141 e. The van der Waals surface area contributed by atoms with Crippen LogP contribution in [0.15, 0.2) is 60.7 Å². The van der Waals surface area contributed by atoms with E-state index in [1.54, 1.807) is 18.2 Å². The Bertz CT molecular complexity index is 1350. The molecule has 0 saturated carbocycles. The average Bonchev–Trinajstić information content (AvgIpc) is 2.77. The first kappa shape index (κ1) is 21.6. The monoisotopic (exact) mass is 433 g/mol.